The molecule has 190 valence electrons. The molecular weight excluding hydrogens is 666 g/mol. The van der Waals surface area contributed by atoms with Gasteiger partial charge in [0, 0.05) is 17.9 Å². The molecule has 38 heavy (non-hydrogen) atoms. The van der Waals surface area contributed by atoms with Gasteiger partial charge < -0.3 is 4.57 Å². The second-order valence-corrected chi connectivity index (χ2v) is 11.4. The summed E-state index contributed by atoms with van der Waals surface area (Å²) in [7, 11) is 0. The summed E-state index contributed by atoms with van der Waals surface area (Å²) in [5.74, 6) is 0.908. The molecule has 5 heteroatoms. The molecule has 0 N–H and O–H groups in total. The number of aromatic nitrogens is 3. The van der Waals surface area contributed by atoms with Crippen LogP contribution in [-0.2, 0) is 26.5 Å². The van der Waals surface area contributed by atoms with E-state index in [0.29, 0.717) is 0 Å². The fourth-order valence-electron chi connectivity index (χ4n) is 4.64. The van der Waals surface area contributed by atoms with Gasteiger partial charge in [-0.1, -0.05) is 61.0 Å². The van der Waals surface area contributed by atoms with Crippen LogP contribution in [0.2, 0.25) is 0 Å². The number of pyridine rings is 2. The molecule has 6 aromatic rings. The number of nitrogens with zero attached hydrogens (tertiary/aromatic N) is 3. The predicted molar refractivity (Wildman–Crippen MR) is 153 cm³/mol. The van der Waals surface area contributed by atoms with Crippen LogP contribution in [0.1, 0.15) is 31.9 Å². The fraction of sp³-hybridized carbons (Fsp3) is 0.152. The first-order valence-corrected chi connectivity index (χ1v) is 13.2. The van der Waals surface area contributed by atoms with Crippen molar-refractivity contribution < 1.29 is 21.1 Å². The van der Waals surface area contributed by atoms with Crippen LogP contribution in [0.25, 0.3) is 38.8 Å². The summed E-state index contributed by atoms with van der Waals surface area (Å²) in [6.45, 7) is 8.78. The standard InChI is InChI=1S/C33H27N3S.Pt/c1-22-14-16-35-32(18-22)37-26-9-7-8-23(19-26)24-12-13-28-27-10-5-6-11-29(27)36(30(28)20-24)31-21-25(15-17-34-31)33(2,3)4;/h5-18,21H,1-4H3;/q-2;+2. The van der Waals surface area contributed by atoms with Crippen LogP contribution in [0.15, 0.2) is 101 Å². The first-order valence-electron chi connectivity index (χ1n) is 12.4. The quantitative estimate of drug-likeness (QED) is 0.174. The van der Waals surface area contributed by atoms with E-state index >= 15 is 0 Å². The van der Waals surface area contributed by atoms with Crippen LogP contribution in [0.5, 0.6) is 0 Å². The van der Waals surface area contributed by atoms with Gasteiger partial charge in [0.15, 0.2) is 0 Å². The van der Waals surface area contributed by atoms with Crippen LogP contribution in [-0.4, -0.2) is 14.5 Å². The molecule has 0 atom stereocenters. The molecule has 0 radical (unpaired) electrons. The van der Waals surface area contributed by atoms with Crippen LogP contribution >= 0.6 is 11.8 Å². The molecule has 3 aromatic heterocycles. The molecule has 3 aromatic carbocycles. The van der Waals surface area contributed by atoms with E-state index in [0.717, 1.165) is 43.3 Å². The Bertz CT molecular complexity index is 1760. The van der Waals surface area contributed by atoms with Gasteiger partial charge >= 0.3 is 21.1 Å². The Balaban J connectivity index is 0.00000294. The summed E-state index contributed by atoms with van der Waals surface area (Å²) in [4.78, 5) is 10.3. The molecule has 0 fully saturated rings. The number of fused-ring (bicyclic) bond motifs is 3. The van der Waals surface area contributed by atoms with E-state index in [-0.39, 0.29) is 26.5 Å². The Morgan fingerprint density at radius 3 is 2.37 bits per heavy atom. The first kappa shape index (κ1) is 26.4. The maximum atomic E-state index is 4.79. The van der Waals surface area contributed by atoms with Gasteiger partial charge in [-0.25, -0.2) is 21.1 Å². The molecule has 0 spiro atoms. The molecule has 3 nitrogen and oxygen atoms in total. The van der Waals surface area contributed by atoms with Crippen molar-refractivity contribution in [3.8, 4) is 16.9 Å². The van der Waals surface area contributed by atoms with E-state index in [1.807, 2.05) is 18.5 Å². The average Bonchev–Trinajstić information content (AvgIpc) is 3.22. The van der Waals surface area contributed by atoms with Crippen molar-refractivity contribution in [3.05, 3.63) is 115 Å². The van der Waals surface area contributed by atoms with Crippen molar-refractivity contribution in [2.45, 2.75) is 43.0 Å². The summed E-state index contributed by atoms with van der Waals surface area (Å²) in [6, 6.07) is 34.8. The Labute approximate surface area is 242 Å². The molecule has 0 aliphatic heterocycles. The summed E-state index contributed by atoms with van der Waals surface area (Å²) in [6.07, 6.45) is 3.76. The topological polar surface area (TPSA) is 30.7 Å². The van der Waals surface area contributed by atoms with Crippen molar-refractivity contribution in [1.29, 1.82) is 0 Å². The molecule has 0 bridgehead atoms. The maximum Gasteiger partial charge on any atom is 2.00 e. The van der Waals surface area contributed by atoms with Crippen molar-refractivity contribution in [2.75, 3.05) is 0 Å². The second kappa shape index (κ2) is 10.5. The summed E-state index contributed by atoms with van der Waals surface area (Å²) in [5.41, 5.74) is 6.64. The Kier molecular flexibility index (Phi) is 7.31. The molecule has 0 aliphatic rings. The van der Waals surface area contributed by atoms with Gasteiger partial charge in [0.2, 0.25) is 0 Å². The van der Waals surface area contributed by atoms with E-state index in [4.69, 9.17) is 4.98 Å². The first-order chi connectivity index (χ1) is 17.9. The predicted octanol–water partition coefficient (Wildman–Crippen LogP) is 8.60. The third kappa shape index (κ3) is 5.08. The fourth-order valence-corrected chi connectivity index (χ4v) is 5.53. The Morgan fingerprint density at radius 2 is 1.55 bits per heavy atom. The van der Waals surface area contributed by atoms with Gasteiger partial charge in [-0.2, -0.15) is 30.3 Å². The smallest absolute Gasteiger partial charge is 0.314 e. The molecule has 0 unspecified atom stereocenters. The molecule has 3 heterocycles. The van der Waals surface area contributed by atoms with Crippen LogP contribution in [0.3, 0.4) is 0 Å². The van der Waals surface area contributed by atoms with Gasteiger partial charge in [-0.15, -0.1) is 12.1 Å². The van der Waals surface area contributed by atoms with Gasteiger partial charge in [0.1, 0.15) is 5.82 Å². The van der Waals surface area contributed by atoms with Crippen LogP contribution in [0, 0.1) is 19.1 Å². The van der Waals surface area contributed by atoms with E-state index in [1.54, 1.807) is 11.8 Å². The minimum atomic E-state index is 0. The molecule has 0 aliphatic carbocycles. The van der Waals surface area contributed by atoms with Gasteiger partial charge in [0.05, 0.1) is 5.03 Å². The normalized spacial score (nSPS) is 11.6. The van der Waals surface area contributed by atoms with E-state index < -0.39 is 0 Å². The Hall–Kier alpha value is -3.20. The average molecular weight is 693 g/mol. The minimum absolute atomic E-state index is 0. The number of hydrogen-bond acceptors (Lipinski definition) is 3. The number of para-hydroxylation sites is 1. The van der Waals surface area contributed by atoms with Gasteiger partial charge in [0.25, 0.3) is 0 Å². The zero-order valence-electron chi connectivity index (χ0n) is 21.7. The van der Waals surface area contributed by atoms with Crippen molar-refractivity contribution in [2.24, 2.45) is 0 Å². The molecule has 0 amide bonds. The molecular formula is C33H27N3PtS. The minimum Gasteiger partial charge on any atom is -0.314 e. The van der Waals surface area contributed by atoms with E-state index in [2.05, 4.69) is 122 Å². The van der Waals surface area contributed by atoms with E-state index in [9.17, 15) is 0 Å². The van der Waals surface area contributed by atoms with E-state index in [1.165, 1.54) is 16.5 Å². The summed E-state index contributed by atoms with van der Waals surface area (Å²) in [5, 5.41) is 3.33. The third-order valence-electron chi connectivity index (χ3n) is 6.59. The van der Waals surface area contributed by atoms with Crippen molar-refractivity contribution in [3.63, 3.8) is 0 Å². The van der Waals surface area contributed by atoms with Crippen LogP contribution in [0.4, 0.5) is 0 Å². The number of aryl methyl sites for hydroxylation is 1. The maximum absolute atomic E-state index is 4.79. The third-order valence-corrected chi connectivity index (χ3v) is 7.48. The molecule has 6 rings (SSSR count). The summed E-state index contributed by atoms with van der Waals surface area (Å²) >= 11 is 1.63. The monoisotopic (exact) mass is 692 g/mol. The number of hydrogen-bond donors (Lipinski definition) is 0. The zero-order valence-corrected chi connectivity index (χ0v) is 24.8. The van der Waals surface area contributed by atoms with Crippen molar-refractivity contribution >= 4 is 33.6 Å². The zero-order chi connectivity index (χ0) is 25.6. The summed E-state index contributed by atoms with van der Waals surface area (Å²) < 4.78 is 2.23. The van der Waals surface area contributed by atoms with Crippen molar-refractivity contribution in [1.82, 2.24) is 14.5 Å². The van der Waals surface area contributed by atoms with Gasteiger partial charge in [-0.3, -0.25) is 0 Å². The van der Waals surface area contributed by atoms with Crippen LogP contribution < -0.4 is 0 Å². The second-order valence-electron chi connectivity index (χ2n) is 10.3. The molecule has 0 saturated carbocycles. The number of benzene rings is 3. The number of rotatable bonds is 4. The van der Waals surface area contributed by atoms with Gasteiger partial charge in [-0.05, 0) is 64.7 Å². The SMILES string of the molecule is Cc1ccnc(Sc2[c-]c(-c3[c-]c4c(cc3)c3ccccc3n4-c3cc(C(C)(C)C)ccn3)ccc2)c1.[Pt+2]. The molecule has 0 saturated heterocycles. The Morgan fingerprint density at radius 1 is 0.763 bits per heavy atom. The largest absolute Gasteiger partial charge is 2.00 e.